The molecule has 11 nitrogen and oxygen atoms in total. The van der Waals surface area contributed by atoms with Crippen LogP contribution in [0.3, 0.4) is 0 Å². The number of amides is 2. The summed E-state index contributed by atoms with van der Waals surface area (Å²) in [4.78, 5) is 53.7. The summed E-state index contributed by atoms with van der Waals surface area (Å²) in [6.45, 7) is 2.86. The molecule has 2 amide bonds. The van der Waals surface area contributed by atoms with Crippen LogP contribution in [0.5, 0.6) is 0 Å². The molecular weight excluding hydrogens is 534 g/mol. The molecule has 4 N–H and O–H groups in total. The lowest BCUT2D eigenvalue weighted by atomic mass is 9.77. The minimum atomic E-state index is -0.989. The molecule has 1 aromatic carbocycles. The maximum absolute atomic E-state index is 12.8. The van der Waals surface area contributed by atoms with Crippen LogP contribution in [0.15, 0.2) is 48.8 Å². The molecule has 1 saturated heterocycles. The number of aldehydes is 2. The quantitative estimate of drug-likeness (QED) is 0.185. The van der Waals surface area contributed by atoms with E-state index in [4.69, 9.17) is 10.7 Å². The minimum absolute atomic E-state index is 0.0889. The largest absolute Gasteiger partial charge is 0.385 e. The Kier molecular flexibility index (Phi) is 9.25. The van der Waals surface area contributed by atoms with Crippen LogP contribution in [0.1, 0.15) is 71.7 Å². The SMILES string of the molecule is NC(=O)C(CCC=O)NC(=O)c1cc(NCCCC2CC(n3cc(-c4cccc(N5CCC5)n4)cn3)C2)ccc1C=O. The van der Waals surface area contributed by atoms with Crippen molar-refractivity contribution in [3.8, 4) is 11.3 Å². The molecule has 1 aliphatic carbocycles. The molecule has 0 spiro atoms. The third-order valence-corrected chi connectivity index (χ3v) is 8.16. The van der Waals surface area contributed by atoms with Gasteiger partial charge in [0, 0.05) is 49.1 Å². The van der Waals surface area contributed by atoms with Crippen molar-refractivity contribution in [3.63, 3.8) is 0 Å². The van der Waals surface area contributed by atoms with Crippen molar-refractivity contribution in [1.82, 2.24) is 20.1 Å². The van der Waals surface area contributed by atoms with E-state index in [1.807, 2.05) is 12.3 Å². The van der Waals surface area contributed by atoms with Crippen LogP contribution in [0.25, 0.3) is 11.3 Å². The molecule has 0 radical (unpaired) electrons. The summed E-state index contributed by atoms with van der Waals surface area (Å²) < 4.78 is 2.07. The lowest BCUT2D eigenvalue weighted by Gasteiger charge is -2.35. The molecule has 11 heteroatoms. The highest BCUT2D eigenvalue weighted by molar-refractivity contribution is 6.03. The first-order valence-corrected chi connectivity index (χ1v) is 14.6. The highest BCUT2D eigenvalue weighted by atomic mass is 16.2. The molecule has 3 aromatic rings. The van der Waals surface area contributed by atoms with E-state index in [1.165, 1.54) is 6.42 Å². The molecule has 1 aliphatic heterocycles. The molecule has 220 valence electrons. The van der Waals surface area contributed by atoms with Gasteiger partial charge in [-0.15, -0.1) is 0 Å². The van der Waals surface area contributed by atoms with E-state index in [-0.39, 0.29) is 24.0 Å². The third-order valence-electron chi connectivity index (χ3n) is 8.16. The van der Waals surface area contributed by atoms with Gasteiger partial charge in [-0.2, -0.15) is 5.10 Å². The Balaban J connectivity index is 1.07. The zero-order chi connectivity index (χ0) is 29.5. The number of primary amides is 1. The minimum Gasteiger partial charge on any atom is -0.385 e. The zero-order valence-corrected chi connectivity index (χ0v) is 23.6. The molecular formula is C31H37N7O4. The number of nitrogens with zero attached hydrogens (tertiary/aromatic N) is 4. The molecule has 3 heterocycles. The summed E-state index contributed by atoms with van der Waals surface area (Å²) in [6, 6.07) is 10.5. The van der Waals surface area contributed by atoms with E-state index < -0.39 is 17.9 Å². The normalized spacial score (nSPS) is 18.3. The van der Waals surface area contributed by atoms with Gasteiger partial charge in [0.1, 0.15) is 18.1 Å². The molecule has 2 aliphatic rings. The molecule has 1 saturated carbocycles. The number of aromatic nitrogens is 3. The van der Waals surface area contributed by atoms with E-state index in [9.17, 15) is 19.2 Å². The van der Waals surface area contributed by atoms with Gasteiger partial charge >= 0.3 is 0 Å². The maximum atomic E-state index is 12.8. The lowest BCUT2D eigenvalue weighted by molar-refractivity contribution is -0.120. The van der Waals surface area contributed by atoms with Gasteiger partial charge in [-0.3, -0.25) is 19.1 Å². The highest BCUT2D eigenvalue weighted by Gasteiger charge is 2.30. The van der Waals surface area contributed by atoms with Crippen molar-refractivity contribution in [3.05, 3.63) is 59.9 Å². The van der Waals surface area contributed by atoms with Gasteiger partial charge in [0.05, 0.1) is 23.5 Å². The van der Waals surface area contributed by atoms with Crippen molar-refractivity contribution in [2.24, 2.45) is 11.7 Å². The second-order valence-corrected chi connectivity index (χ2v) is 11.1. The van der Waals surface area contributed by atoms with Crippen LogP contribution in [0.4, 0.5) is 11.5 Å². The molecule has 0 bridgehead atoms. The average Bonchev–Trinajstić information content (AvgIpc) is 3.43. The first-order chi connectivity index (χ1) is 20.4. The fraction of sp³-hybridized carbons (Fsp3) is 0.419. The number of pyridine rings is 1. The van der Waals surface area contributed by atoms with Crippen molar-refractivity contribution in [2.45, 2.75) is 57.0 Å². The van der Waals surface area contributed by atoms with Crippen molar-refractivity contribution in [1.29, 1.82) is 0 Å². The Morgan fingerprint density at radius 2 is 1.98 bits per heavy atom. The topological polar surface area (TPSA) is 152 Å². The highest BCUT2D eigenvalue weighted by Crippen LogP contribution is 2.40. The maximum Gasteiger partial charge on any atom is 0.252 e. The number of benzene rings is 1. The van der Waals surface area contributed by atoms with Crippen LogP contribution in [-0.4, -0.2) is 64.8 Å². The van der Waals surface area contributed by atoms with Crippen molar-refractivity contribution in [2.75, 3.05) is 29.9 Å². The molecule has 2 aromatic heterocycles. The third kappa shape index (κ3) is 6.84. The fourth-order valence-electron chi connectivity index (χ4n) is 5.47. The Labute approximate surface area is 244 Å². The number of hydrogen-bond acceptors (Lipinski definition) is 8. The van der Waals surface area contributed by atoms with Gasteiger partial charge in [-0.1, -0.05) is 6.07 Å². The summed E-state index contributed by atoms with van der Waals surface area (Å²) in [6.07, 6.45) is 10.9. The van der Waals surface area contributed by atoms with Crippen molar-refractivity contribution < 1.29 is 19.2 Å². The number of anilines is 2. The van der Waals surface area contributed by atoms with Crippen LogP contribution in [0.2, 0.25) is 0 Å². The van der Waals surface area contributed by atoms with E-state index >= 15 is 0 Å². The van der Waals surface area contributed by atoms with Crippen molar-refractivity contribution >= 4 is 35.9 Å². The average molecular weight is 572 g/mol. The first kappa shape index (κ1) is 29.0. The van der Waals surface area contributed by atoms with Gasteiger partial charge in [0.15, 0.2) is 6.29 Å². The standard InChI is InChI=1S/C31H37N7O4/c32-30(41)28(7-3-14-39)36-31(42)26-17-24(10-9-22(26)20-40)33-11-2-5-21-15-25(16-21)38-19-23(18-34-38)27-6-1-8-29(35-27)37-12-4-13-37/h1,6,8-10,14,17-21,25,28,33H,2-5,7,11-13,15-16H2,(H2,32,41)(H,36,42). The number of rotatable bonds is 15. The Bertz CT molecular complexity index is 1430. The monoisotopic (exact) mass is 571 g/mol. The smallest absolute Gasteiger partial charge is 0.252 e. The predicted octanol–water partition coefficient (Wildman–Crippen LogP) is 3.37. The van der Waals surface area contributed by atoms with Gasteiger partial charge in [-0.05, 0) is 74.8 Å². The number of nitrogens with one attached hydrogen (secondary N) is 2. The Morgan fingerprint density at radius 3 is 2.69 bits per heavy atom. The lowest BCUT2D eigenvalue weighted by Crippen LogP contribution is -2.44. The summed E-state index contributed by atoms with van der Waals surface area (Å²) in [5.74, 6) is 0.346. The number of carbonyl (C=O) groups is 4. The Hall–Kier alpha value is -4.54. The van der Waals surface area contributed by atoms with E-state index in [1.54, 1.807) is 18.2 Å². The summed E-state index contributed by atoms with van der Waals surface area (Å²) in [7, 11) is 0. The second kappa shape index (κ2) is 13.4. The number of hydrogen-bond donors (Lipinski definition) is 3. The number of nitrogens with two attached hydrogens (primary N) is 1. The summed E-state index contributed by atoms with van der Waals surface area (Å²) in [5.41, 5.74) is 8.42. The molecule has 1 unspecified atom stereocenters. The van der Waals surface area contributed by atoms with Crippen LogP contribution in [0, 0.1) is 5.92 Å². The second-order valence-electron chi connectivity index (χ2n) is 11.1. The molecule has 5 rings (SSSR count). The van der Waals surface area contributed by atoms with Gasteiger partial charge in [0.25, 0.3) is 5.91 Å². The van der Waals surface area contributed by atoms with Gasteiger partial charge < -0.3 is 26.1 Å². The first-order valence-electron chi connectivity index (χ1n) is 14.6. The van der Waals surface area contributed by atoms with E-state index in [0.29, 0.717) is 30.2 Å². The summed E-state index contributed by atoms with van der Waals surface area (Å²) in [5, 5.41) is 10.5. The molecule has 1 atom stereocenters. The number of carbonyl (C=O) groups excluding carboxylic acids is 4. The Morgan fingerprint density at radius 1 is 1.14 bits per heavy atom. The van der Waals surface area contributed by atoms with Crippen LogP contribution >= 0.6 is 0 Å². The fourth-order valence-corrected chi connectivity index (χ4v) is 5.47. The van der Waals surface area contributed by atoms with Crippen LogP contribution < -0.4 is 21.3 Å². The van der Waals surface area contributed by atoms with E-state index in [2.05, 4.69) is 43.6 Å². The molecule has 2 fully saturated rings. The van der Waals surface area contributed by atoms with Gasteiger partial charge in [0.2, 0.25) is 5.91 Å². The van der Waals surface area contributed by atoms with Crippen LogP contribution in [-0.2, 0) is 9.59 Å². The predicted molar refractivity (Wildman–Crippen MR) is 159 cm³/mol. The van der Waals surface area contributed by atoms with Gasteiger partial charge in [-0.25, -0.2) is 4.98 Å². The summed E-state index contributed by atoms with van der Waals surface area (Å²) >= 11 is 0. The van der Waals surface area contributed by atoms with E-state index in [0.717, 1.165) is 62.4 Å². The zero-order valence-electron chi connectivity index (χ0n) is 23.6. The molecule has 42 heavy (non-hydrogen) atoms.